The highest BCUT2D eigenvalue weighted by Gasteiger charge is 2.13. The lowest BCUT2D eigenvalue weighted by atomic mass is 10.2. The average Bonchev–Trinajstić information content (AvgIpc) is 2.61. The molecule has 1 N–H and O–H groups in total. The lowest BCUT2D eigenvalue weighted by molar-refractivity contribution is -0.120. The minimum Gasteiger partial charge on any atom is -0.493 e. The third-order valence-corrected chi connectivity index (χ3v) is 4.39. The van der Waals surface area contributed by atoms with E-state index in [2.05, 4.69) is 24.4 Å². The average molecular weight is 356 g/mol. The molecule has 1 unspecified atom stereocenters. The first-order valence-corrected chi connectivity index (χ1v) is 9.20. The molecule has 0 aliphatic carbocycles. The van der Waals surface area contributed by atoms with Crippen molar-refractivity contribution in [2.75, 3.05) is 6.61 Å². The van der Waals surface area contributed by atoms with E-state index in [4.69, 9.17) is 4.74 Å². The Morgan fingerprint density at radius 2 is 1.80 bits per heavy atom. The minimum atomic E-state index is -0.216. The molecular weight excluding hydrogens is 332 g/mol. The number of rotatable bonds is 8. The van der Waals surface area contributed by atoms with E-state index in [1.165, 1.54) is 11.8 Å². The van der Waals surface area contributed by atoms with Crippen molar-refractivity contribution in [1.82, 2.24) is 5.43 Å². The second-order valence-corrected chi connectivity index (χ2v) is 7.50. The Kier molecular flexibility index (Phi) is 7.54. The van der Waals surface area contributed by atoms with Crippen molar-refractivity contribution >= 4 is 23.9 Å². The molecule has 0 saturated carbocycles. The van der Waals surface area contributed by atoms with Gasteiger partial charge in [0.05, 0.1) is 18.1 Å². The summed E-state index contributed by atoms with van der Waals surface area (Å²) >= 11 is 1.51. The molecule has 2 aromatic carbocycles. The van der Waals surface area contributed by atoms with Crippen LogP contribution in [0, 0.1) is 5.92 Å². The molecule has 0 spiro atoms. The number of nitrogens with one attached hydrogen (secondary N) is 1. The fraction of sp³-hybridized carbons (Fsp3) is 0.300. The fourth-order valence-corrected chi connectivity index (χ4v) is 2.81. The molecule has 0 aliphatic heterocycles. The lowest BCUT2D eigenvalue weighted by Crippen LogP contribution is -2.26. The second-order valence-electron chi connectivity index (χ2n) is 6.08. The van der Waals surface area contributed by atoms with E-state index in [0.29, 0.717) is 12.5 Å². The molecule has 0 aromatic heterocycles. The largest absolute Gasteiger partial charge is 0.493 e. The first-order valence-electron chi connectivity index (χ1n) is 8.32. The summed E-state index contributed by atoms with van der Waals surface area (Å²) in [5.74, 6) is 1.21. The van der Waals surface area contributed by atoms with Gasteiger partial charge in [0.1, 0.15) is 5.75 Å². The van der Waals surface area contributed by atoms with Crippen LogP contribution >= 0.6 is 11.8 Å². The number of benzene rings is 2. The Morgan fingerprint density at radius 1 is 1.12 bits per heavy atom. The molecule has 1 amide bonds. The Balaban J connectivity index is 1.80. The third-order valence-electron chi connectivity index (χ3n) is 3.28. The highest BCUT2D eigenvalue weighted by Crippen LogP contribution is 2.22. The molecule has 2 rings (SSSR count). The SMILES string of the molecule is CC(C)COc1ccc(/C=N/NC(=O)C(C)Sc2ccccc2)cc1. The molecule has 132 valence electrons. The van der Waals surface area contributed by atoms with Crippen LogP contribution < -0.4 is 10.2 Å². The Bertz CT molecular complexity index is 685. The van der Waals surface area contributed by atoms with Crippen LogP contribution in [0.2, 0.25) is 0 Å². The van der Waals surface area contributed by atoms with Crippen molar-refractivity contribution in [3.63, 3.8) is 0 Å². The van der Waals surface area contributed by atoms with Crippen LogP contribution in [-0.4, -0.2) is 24.0 Å². The number of thioether (sulfide) groups is 1. The quantitative estimate of drug-likeness (QED) is 0.434. The van der Waals surface area contributed by atoms with E-state index in [1.54, 1.807) is 6.21 Å². The number of carbonyl (C=O) groups excluding carboxylic acids is 1. The summed E-state index contributed by atoms with van der Waals surface area (Å²) in [6.45, 7) is 6.78. The van der Waals surface area contributed by atoms with Crippen LogP contribution in [0.4, 0.5) is 0 Å². The predicted molar refractivity (Wildman–Crippen MR) is 104 cm³/mol. The van der Waals surface area contributed by atoms with Gasteiger partial charge in [-0.05, 0) is 54.8 Å². The van der Waals surface area contributed by atoms with Crippen molar-refractivity contribution in [3.05, 3.63) is 60.2 Å². The van der Waals surface area contributed by atoms with Gasteiger partial charge in [-0.15, -0.1) is 11.8 Å². The van der Waals surface area contributed by atoms with Gasteiger partial charge in [0.2, 0.25) is 0 Å². The topological polar surface area (TPSA) is 50.7 Å². The Hall–Kier alpha value is -2.27. The summed E-state index contributed by atoms with van der Waals surface area (Å²) in [4.78, 5) is 13.1. The normalized spacial score (nSPS) is 12.3. The molecule has 0 radical (unpaired) electrons. The highest BCUT2D eigenvalue weighted by molar-refractivity contribution is 8.00. The minimum absolute atomic E-state index is 0.123. The van der Waals surface area contributed by atoms with Crippen molar-refractivity contribution in [3.8, 4) is 5.75 Å². The van der Waals surface area contributed by atoms with Gasteiger partial charge >= 0.3 is 0 Å². The van der Waals surface area contributed by atoms with Crippen LogP contribution in [0.5, 0.6) is 5.75 Å². The van der Waals surface area contributed by atoms with Crippen LogP contribution in [0.25, 0.3) is 0 Å². The molecule has 0 saturated heterocycles. The predicted octanol–water partition coefficient (Wildman–Crippen LogP) is 4.35. The summed E-state index contributed by atoms with van der Waals surface area (Å²) in [7, 11) is 0. The molecule has 25 heavy (non-hydrogen) atoms. The maximum Gasteiger partial charge on any atom is 0.253 e. The molecule has 5 heteroatoms. The fourth-order valence-electron chi connectivity index (χ4n) is 1.93. The van der Waals surface area contributed by atoms with Gasteiger partial charge in [-0.1, -0.05) is 32.0 Å². The Morgan fingerprint density at radius 3 is 2.44 bits per heavy atom. The monoisotopic (exact) mass is 356 g/mol. The standard InChI is InChI=1S/C20H24N2O2S/c1-15(2)14-24-18-11-9-17(10-12-18)13-21-22-20(23)16(3)25-19-7-5-4-6-8-19/h4-13,15-16H,14H2,1-3H3,(H,22,23)/b21-13+. The van der Waals surface area contributed by atoms with Crippen LogP contribution in [0.3, 0.4) is 0 Å². The zero-order valence-electron chi connectivity index (χ0n) is 14.8. The number of amides is 1. The van der Waals surface area contributed by atoms with Crippen molar-refractivity contribution in [2.24, 2.45) is 11.0 Å². The van der Waals surface area contributed by atoms with Crippen LogP contribution in [0.15, 0.2) is 64.6 Å². The van der Waals surface area contributed by atoms with E-state index >= 15 is 0 Å². The van der Waals surface area contributed by atoms with Crippen molar-refractivity contribution < 1.29 is 9.53 Å². The number of hydrazone groups is 1. The summed E-state index contributed by atoms with van der Waals surface area (Å²) in [6.07, 6.45) is 1.63. The second kappa shape index (κ2) is 9.89. The van der Waals surface area contributed by atoms with Gasteiger partial charge in [-0.2, -0.15) is 5.10 Å². The number of ether oxygens (including phenoxy) is 1. The third kappa shape index (κ3) is 7.01. The first kappa shape index (κ1) is 19.1. The van der Waals surface area contributed by atoms with E-state index in [-0.39, 0.29) is 11.2 Å². The summed E-state index contributed by atoms with van der Waals surface area (Å²) in [5, 5.41) is 3.81. The van der Waals surface area contributed by atoms with E-state index < -0.39 is 0 Å². The molecule has 0 aliphatic rings. The van der Waals surface area contributed by atoms with E-state index in [1.807, 2.05) is 61.5 Å². The molecular formula is C20H24N2O2S. The van der Waals surface area contributed by atoms with Gasteiger partial charge in [0, 0.05) is 4.90 Å². The zero-order valence-corrected chi connectivity index (χ0v) is 15.6. The molecule has 2 aromatic rings. The number of carbonyl (C=O) groups is 1. The molecule has 4 nitrogen and oxygen atoms in total. The van der Waals surface area contributed by atoms with Gasteiger partial charge in [0.25, 0.3) is 5.91 Å². The van der Waals surface area contributed by atoms with Crippen LogP contribution in [0.1, 0.15) is 26.3 Å². The maximum absolute atomic E-state index is 12.1. The molecule has 0 fully saturated rings. The summed E-state index contributed by atoms with van der Waals surface area (Å²) in [5.41, 5.74) is 3.49. The van der Waals surface area contributed by atoms with Crippen molar-refractivity contribution in [2.45, 2.75) is 30.9 Å². The van der Waals surface area contributed by atoms with Gasteiger partial charge in [-0.25, -0.2) is 5.43 Å². The van der Waals surface area contributed by atoms with Crippen LogP contribution in [-0.2, 0) is 4.79 Å². The lowest BCUT2D eigenvalue weighted by Gasteiger charge is -2.09. The number of hydrogen-bond acceptors (Lipinski definition) is 4. The Labute approximate surface area is 153 Å². The molecule has 0 heterocycles. The first-order chi connectivity index (χ1) is 12.0. The maximum atomic E-state index is 12.1. The summed E-state index contributed by atoms with van der Waals surface area (Å²) in [6, 6.07) is 17.5. The molecule has 1 atom stereocenters. The van der Waals surface area contributed by atoms with Gasteiger partial charge in [-0.3, -0.25) is 4.79 Å². The zero-order chi connectivity index (χ0) is 18.1. The number of hydrogen-bond donors (Lipinski definition) is 1. The highest BCUT2D eigenvalue weighted by atomic mass is 32.2. The smallest absolute Gasteiger partial charge is 0.253 e. The number of nitrogens with zero attached hydrogens (tertiary/aromatic N) is 1. The summed E-state index contributed by atoms with van der Waals surface area (Å²) < 4.78 is 5.64. The molecule has 0 bridgehead atoms. The van der Waals surface area contributed by atoms with Gasteiger partial charge in [0.15, 0.2) is 0 Å². The van der Waals surface area contributed by atoms with Gasteiger partial charge < -0.3 is 4.74 Å². The van der Waals surface area contributed by atoms with Crippen molar-refractivity contribution in [1.29, 1.82) is 0 Å². The van der Waals surface area contributed by atoms with E-state index in [0.717, 1.165) is 16.2 Å². The van der Waals surface area contributed by atoms with E-state index in [9.17, 15) is 4.79 Å².